The highest BCUT2D eigenvalue weighted by Gasteiger charge is 2.14. The predicted octanol–water partition coefficient (Wildman–Crippen LogP) is 4.04. The molecule has 1 N–H and O–H groups in total. The summed E-state index contributed by atoms with van der Waals surface area (Å²) in [5.41, 5.74) is 3.69. The number of halogens is 1. The Hall–Kier alpha value is -2.95. The number of rotatable bonds is 6. The maximum absolute atomic E-state index is 13.1. The Morgan fingerprint density at radius 2 is 1.85 bits per heavy atom. The lowest BCUT2D eigenvalue weighted by Crippen LogP contribution is -2.26. The van der Waals surface area contributed by atoms with Gasteiger partial charge in [0.25, 0.3) is 0 Å². The van der Waals surface area contributed by atoms with E-state index in [4.69, 9.17) is 0 Å². The van der Waals surface area contributed by atoms with Gasteiger partial charge in [0.05, 0.1) is 11.7 Å². The van der Waals surface area contributed by atoms with Gasteiger partial charge in [0.2, 0.25) is 5.91 Å². The lowest BCUT2D eigenvalue weighted by Gasteiger charge is -2.14. The van der Waals surface area contributed by atoms with Gasteiger partial charge in [0.1, 0.15) is 5.82 Å². The Balaban J connectivity index is 1.64. The van der Waals surface area contributed by atoms with Gasteiger partial charge in [0.15, 0.2) is 0 Å². The van der Waals surface area contributed by atoms with E-state index in [9.17, 15) is 9.18 Å². The van der Waals surface area contributed by atoms with E-state index in [1.807, 2.05) is 50.5 Å². The summed E-state index contributed by atoms with van der Waals surface area (Å²) in [6, 6.07) is 16.1. The summed E-state index contributed by atoms with van der Waals surface area (Å²) in [7, 11) is 1.84. The zero-order valence-corrected chi connectivity index (χ0v) is 14.9. The fraction of sp³-hybridized carbons (Fsp3) is 0.238. The quantitative estimate of drug-likeness (QED) is 0.729. The number of benzene rings is 2. The normalized spacial score (nSPS) is 12.0. The molecule has 26 heavy (non-hydrogen) atoms. The molecule has 1 unspecified atom stereocenters. The standard InChI is InChI=1S/C21H22FN3O/c1-15(16-6-4-3-5-7-16)23-20(26)13-10-18-14-25(2)24-21(18)17-8-11-19(22)12-9-17/h3-9,11-12,14-15H,10,13H2,1-2H3,(H,23,26). The Morgan fingerprint density at radius 3 is 2.54 bits per heavy atom. The predicted molar refractivity (Wildman–Crippen MR) is 99.9 cm³/mol. The number of carbonyl (C=O) groups is 1. The van der Waals surface area contributed by atoms with Crippen LogP contribution in [0.1, 0.15) is 30.5 Å². The highest BCUT2D eigenvalue weighted by molar-refractivity contribution is 5.77. The molecule has 0 aliphatic carbocycles. The molecule has 0 aliphatic heterocycles. The minimum absolute atomic E-state index is 0.00439. The van der Waals surface area contributed by atoms with Crippen molar-refractivity contribution in [2.45, 2.75) is 25.8 Å². The molecule has 0 spiro atoms. The second kappa shape index (κ2) is 7.95. The zero-order valence-electron chi connectivity index (χ0n) is 14.9. The van der Waals surface area contributed by atoms with Crippen LogP contribution in [0, 0.1) is 5.82 Å². The van der Waals surface area contributed by atoms with Crippen molar-refractivity contribution in [2.24, 2.45) is 7.05 Å². The Kier molecular flexibility index (Phi) is 5.46. The van der Waals surface area contributed by atoms with Crippen LogP contribution in [0.3, 0.4) is 0 Å². The van der Waals surface area contributed by atoms with Crippen LogP contribution >= 0.6 is 0 Å². The van der Waals surface area contributed by atoms with Crippen LogP contribution in [0.15, 0.2) is 60.8 Å². The lowest BCUT2D eigenvalue weighted by molar-refractivity contribution is -0.121. The van der Waals surface area contributed by atoms with Crippen molar-refractivity contribution < 1.29 is 9.18 Å². The lowest BCUT2D eigenvalue weighted by atomic mass is 10.0. The molecule has 5 heteroatoms. The summed E-state index contributed by atoms with van der Waals surface area (Å²) in [4.78, 5) is 12.3. The van der Waals surface area contributed by atoms with E-state index in [0.717, 1.165) is 22.4 Å². The summed E-state index contributed by atoms with van der Waals surface area (Å²) in [6.07, 6.45) is 2.86. The van der Waals surface area contributed by atoms with Crippen molar-refractivity contribution in [1.29, 1.82) is 0 Å². The summed E-state index contributed by atoms with van der Waals surface area (Å²) in [5.74, 6) is -0.282. The fourth-order valence-electron chi connectivity index (χ4n) is 2.96. The van der Waals surface area contributed by atoms with Gasteiger partial charge in [0, 0.05) is 25.2 Å². The summed E-state index contributed by atoms with van der Waals surface area (Å²) in [6.45, 7) is 1.97. The fourth-order valence-corrected chi connectivity index (χ4v) is 2.96. The van der Waals surface area contributed by atoms with E-state index < -0.39 is 0 Å². The first kappa shape index (κ1) is 17.9. The van der Waals surface area contributed by atoms with Crippen LogP contribution < -0.4 is 5.32 Å². The molecule has 4 nitrogen and oxygen atoms in total. The van der Waals surface area contributed by atoms with Crippen molar-refractivity contribution in [3.63, 3.8) is 0 Å². The molecule has 2 aromatic carbocycles. The number of nitrogens with zero attached hydrogens (tertiary/aromatic N) is 2. The number of carbonyl (C=O) groups excluding carboxylic acids is 1. The van der Waals surface area contributed by atoms with Gasteiger partial charge < -0.3 is 5.32 Å². The van der Waals surface area contributed by atoms with Gasteiger partial charge in [-0.25, -0.2) is 4.39 Å². The molecule has 0 bridgehead atoms. The Morgan fingerprint density at radius 1 is 1.15 bits per heavy atom. The third-order valence-corrected chi connectivity index (χ3v) is 4.32. The van der Waals surface area contributed by atoms with Crippen LogP contribution in [-0.2, 0) is 18.3 Å². The summed E-state index contributed by atoms with van der Waals surface area (Å²) >= 11 is 0. The maximum Gasteiger partial charge on any atom is 0.220 e. The summed E-state index contributed by atoms with van der Waals surface area (Å²) < 4.78 is 14.9. The number of nitrogens with one attached hydrogen (secondary N) is 1. The molecule has 1 aromatic heterocycles. The van der Waals surface area contributed by atoms with Gasteiger partial charge in [-0.3, -0.25) is 9.48 Å². The largest absolute Gasteiger partial charge is 0.350 e. The average molecular weight is 351 g/mol. The van der Waals surface area contributed by atoms with E-state index >= 15 is 0 Å². The smallest absolute Gasteiger partial charge is 0.220 e. The van der Waals surface area contributed by atoms with Gasteiger partial charge in [-0.05, 0) is 48.7 Å². The highest BCUT2D eigenvalue weighted by Crippen LogP contribution is 2.23. The molecule has 0 aliphatic rings. The molecule has 3 rings (SSSR count). The zero-order chi connectivity index (χ0) is 18.5. The van der Waals surface area contributed by atoms with Crippen molar-refractivity contribution in [3.8, 4) is 11.3 Å². The number of hydrogen-bond acceptors (Lipinski definition) is 2. The van der Waals surface area contributed by atoms with Crippen LogP contribution in [-0.4, -0.2) is 15.7 Å². The second-order valence-corrected chi connectivity index (χ2v) is 6.38. The van der Waals surface area contributed by atoms with E-state index in [-0.39, 0.29) is 17.8 Å². The van der Waals surface area contributed by atoms with Crippen LogP contribution in [0.5, 0.6) is 0 Å². The molecule has 0 saturated heterocycles. The van der Waals surface area contributed by atoms with Gasteiger partial charge in [-0.1, -0.05) is 30.3 Å². The maximum atomic E-state index is 13.1. The van der Waals surface area contributed by atoms with Gasteiger partial charge >= 0.3 is 0 Å². The van der Waals surface area contributed by atoms with E-state index in [2.05, 4.69) is 10.4 Å². The first-order valence-corrected chi connectivity index (χ1v) is 8.65. The van der Waals surface area contributed by atoms with Crippen LogP contribution in [0.4, 0.5) is 4.39 Å². The molecule has 134 valence electrons. The van der Waals surface area contributed by atoms with E-state index in [0.29, 0.717) is 12.8 Å². The third-order valence-electron chi connectivity index (χ3n) is 4.32. The molecular formula is C21H22FN3O. The van der Waals surface area contributed by atoms with E-state index in [1.165, 1.54) is 12.1 Å². The number of aryl methyl sites for hydroxylation is 2. The van der Waals surface area contributed by atoms with E-state index in [1.54, 1.807) is 16.8 Å². The Labute approximate surface area is 152 Å². The average Bonchev–Trinajstić information content (AvgIpc) is 3.02. The molecular weight excluding hydrogens is 329 g/mol. The highest BCUT2D eigenvalue weighted by atomic mass is 19.1. The van der Waals surface area contributed by atoms with Crippen molar-refractivity contribution in [3.05, 3.63) is 77.7 Å². The second-order valence-electron chi connectivity index (χ2n) is 6.38. The molecule has 0 fully saturated rings. The van der Waals surface area contributed by atoms with Gasteiger partial charge in [-0.15, -0.1) is 0 Å². The molecule has 1 atom stereocenters. The minimum Gasteiger partial charge on any atom is -0.350 e. The SMILES string of the molecule is CC(NC(=O)CCc1cn(C)nc1-c1ccc(F)cc1)c1ccccc1. The topological polar surface area (TPSA) is 46.9 Å². The van der Waals surface area contributed by atoms with Crippen LogP contribution in [0.2, 0.25) is 0 Å². The van der Waals surface area contributed by atoms with Crippen molar-refractivity contribution >= 4 is 5.91 Å². The van der Waals surface area contributed by atoms with Gasteiger partial charge in [-0.2, -0.15) is 5.10 Å². The molecule has 0 saturated carbocycles. The third kappa shape index (κ3) is 4.36. The van der Waals surface area contributed by atoms with Crippen molar-refractivity contribution in [2.75, 3.05) is 0 Å². The number of amides is 1. The van der Waals surface area contributed by atoms with Crippen molar-refractivity contribution in [1.82, 2.24) is 15.1 Å². The molecule has 0 radical (unpaired) electrons. The molecule has 1 amide bonds. The number of aromatic nitrogens is 2. The Bertz CT molecular complexity index is 872. The first-order valence-electron chi connectivity index (χ1n) is 8.65. The minimum atomic E-state index is -0.277. The first-order chi connectivity index (χ1) is 12.5. The summed E-state index contributed by atoms with van der Waals surface area (Å²) in [5, 5.41) is 7.48. The molecule has 1 heterocycles. The van der Waals surface area contributed by atoms with Crippen LogP contribution in [0.25, 0.3) is 11.3 Å². The number of hydrogen-bond donors (Lipinski definition) is 1. The monoisotopic (exact) mass is 351 g/mol. The molecule has 3 aromatic rings.